The predicted molar refractivity (Wildman–Crippen MR) is 132 cm³/mol. The SMILES string of the molecule is CCc1cccc(CC)c1Nc1nnc(SC[C@H]2CSc3nnc(-c4ccncc4)n32)s1. The molecule has 0 amide bonds. The van der Waals surface area contributed by atoms with Crippen LogP contribution in [0.5, 0.6) is 0 Å². The predicted octanol–water partition coefficient (Wildman–Crippen LogP) is 5.50. The zero-order valence-corrected chi connectivity index (χ0v) is 20.3. The maximum Gasteiger partial charge on any atom is 0.210 e. The van der Waals surface area contributed by atoms with Gasteiger partial charge < -0.3 is 5.32 Å². The zero-order chi connectivity index (χ0) is 21.9. The topological polar surface area (TPSA) is 81.4 Å². The molecule has 0 unspecified atom stereocenters. The van der Waals surface area contributed by atoms with Crippen molar-refractivity contribution in [1.82, 2.24) is 29.9 Å². The Morgan fingerprint density at radius 1 is 1.03 bits per heavy atom. The third-order valence-corrected chi connectivity index (χ3v) is 8.61. The minimum Gasteiger partial charge on any atom is -0.330 e. The average Bonchev–Trinajstić information content (AvgIpc) is 3.55. The summed E-state index contributed by atoms with van der Waals surface area (Å²) in [7, 11) is 0. The highest BCUT2D eigenvalue weighted by Crippen LogP contribution is 2.40. The quantitative estimate of drug-likeness (QED) is 0.331. The number of benzene rings is 1. The Bertz CT molecular complexity index is 1180. The molecule has 32 heavy (non-hydrogen) atoms. The highest BCUT2D eigenvalue weighted by molar-refractivity contribution is 8.01. The van der Waals surface area contributed by atoms with E-state index in [9.17, 15) is 0 Å². The van der Waals surface area contributed by atoms with Crippen LogP contribution in [0.15, 0.2) is 52.2 Å². The molecule has 5 rings (SSSR count). The van der Waals surface area contributed by atoms with Gasteiger partial charge in [-0.25, -0.2) is 0 Å². The normalized spacial score (nSPS) is 15.1. The summed E-state index contributed by atoms with van der Waals surface area (Å²) in [4.78, 5) is 4.11. The van der Waals surface area contributed by atoms with Gasteiger partial charge in [0.1, 0.15) is 0 Å². The van der Waals surface area contributed by atoms with Crippen molar-refractivity contribution in [2.24, 2.45) is 0 Å². The molecular weight excluding hydrogens is 458 g/mol. The third-order valence-electron chi connectivity index (χ3n) is 5.41. The van der Waals surface area contributed by atoms with E-state index in [0.717, 1.165) is 50.4 Å². The number of para-hydroxylation sites is 1. The van der Waals surface area contributed by atoms with Crippen LogP contribution in [-0.4, -0.2) is 41.5 Å². The maximum absolute atomic E-state index is 4.42. The fourth-order valence-electron chi connectivity index (χ4n) is 3.77. The van der Waals surface area contributed by atoms with Gasteiger partial charge in [-0.1, -0.05) is 66.9 Å². The molecule has 0 saturated carbocycles. The third kappa shape index (κ3) is 4.26. The fraction of sp³-hybridized carbons (Fsp3) is 0.318. The monoisotopic (exact) mass is 481 g/mol. The average molecular weight is 482 g/mol. The van der Waals surface area contributed by atoms with Crippen molar-refractivity contribution >= 4 is 45.7 Å². The molecule has 4 aromatic rings. The smallest absolute Gasteiger partial charge is 0.210 e. The molecule has 0 bridgehead atoms. The Kier molecular flexibility index (Phi) is 6.42. The van der Waals surface area contributed by atoms with Crippen molar-refractivity contribution in [3.8, 4) is 11.4 Å². The number of thioether (sulfide) groups is 2. The van der Waals surface area contributed by atoms with E-state index < -0.39 is 0 Å². The molecule has 10 heteroatoms. The number of aryl methyl sites for hydroxylation is 2. The lowest BCUT2D eigenvalue weighted by molar-refractivity contribution is 0.597. The molecule has 1 aromatic carbocycles. The zero-order valence-electron chi connectivity index (χ0n) is 17.9. The molecule has 1 aliphatic heterocycles. The summed E-state index contributed by atoms with van der Waals surface area (Å²) in [6.07, 6.45) is 5.55. The van der Waals surface area contributed by atoms with E-state index in [2.05, 4.69) is 67.3 Å². The molecule has 0 radical (unpaired) electrons. The lowest BCUT2D eigenvalue weighted by atomic mass is 10.0. The Morgan fingerprint density at radius 2 is 1.81 bits per heavy atom. The molecule has 1 N–H and O–H groups in total. The highest BCUT2D eigenvalue weighted by atomic mass is 32.2. The number of nitrogens with zero attached hydrogens (tertiary/aromatic N) is 6. The highest BCUT2D eigenvalue weighted by Gasteiger charge is 2.29. The van der Waals surface area contributed by atoms with E-state index in [1.165, 1.54) is 16.8 Å². The van der Waals surface area contributed by atoms with Gasteiger partial charge in [-0.2, -0.15) is 0 Å². The number of fused-ring (bicyclic) bond motifs is 1. The Labute approximate surface area is 199 Å². The van der Waals surface area contributed by atoms with Crippen LogP contribution in [0.3, 0.4) is 0 Å². The molecule has 1 aliphatic rings. The van der Waals surface area contributed by atoms with Crippen LogP contribution in [0, 0.1) is 0 Å². The van der Waals surface area contributed by atoms with Gasteiger partial charge in [0.2, 0.25) is 5.13 Å². The van der Waals surface area contributed by atoms with Gasteiger partial charge in [0, 0.05) is 35.2 Å². The fourth-order valence-corrected chi connectivity index (χ4v) is 6.86. The number of anilines is 2. The minimum absolute atomic E-state index is 0.311. The molecule has 7 nitrogen and oxygen atoms in total. The lowest BCUT2D eigenvalue weighted by Gasteiger charge is -2.13. The summed E-state index contributed by atoms with van der Waals surface area (Å²) in [5, 5.41) is 23.0. The Balaban J connectivity index is 1.29. The van der Waals surface area contributed by atoms with Crippen molar-refractivity contribution in [1.29, 1.82) is 0 Å². The lowest BCUT2D eigenvalue weighted by Crippen LogP contribution is -2.11. The molecule has 0 fully saturated rings. The van der Waals surface area contributed by atoms with E-state index in [1.807, 2.05) is 12.1 Å². The van der Waals surface area contributed by atoms with Crippen LogP contribution in [0.2, 0.25) is 0 Å². The number of pyridine rings is 1. The molecule has 4 heterocycles. The van der Waals surface area contributed by atoms with E-state index in [4.69, 9.17) is 0 Å². The molecular formula is C22H23N7S3. The second kappa shape index (κ2) is 9.60. The van der Waals surface area contributed by atoms with Crippen LogP contribution in [0.25, 0.3) is 11.4 Å². The number of aromatic nitrogens is 6. The standard InChI is InChI=1S/C22H23N7S3/c1-3-14-6-5-7-15(4-2)18(14)24-20-26-28-22(32-20)31-13-17-12-30-21-27-25-19(29(17)21)16-8-10-23-11-9-16/h5-11,17H,3-4,12-13H2,1-2H3,(H,24,26)/t17-/m1/s1. The second-order valence-corrected chi connectivity index (χ2v) is 10.6. The molecule has 0 saturated heterocycles. The summed E-state index contributed by atoms with van der Waals surface area (Å²) >= 11 is 5.11. The maximum atomic E-state index is 4.42. The van der Waals surface area contributed by atoms with Crippen LogP contribution >= 0.6 is 34.9 Å². The van der Waals surface area contributed by atoms with Gasteiger partial charge in [0.25, 0.3) is 0 Å². The summed E-state index contributed by atoms with van der Waals surface area (Å²) in [6, 6.07) is 10.7. The minimum atomic E-state index is 0.311. The second-order valence-electron chi connectivity index (χ2n) is 7.34. The van der Waals surface area contributed by atoms with E-state index in [-0.39, 0.29) is 0 Å². The summed E-state index contributed by atoms with van der Waals surface area (Å²) in [5.74, 6) is 2.79. The van der Waals surface area contributed by atoms with Crippen LogP contribution in [-0.2, 0) is 12.8 Å². The molecule has 0 aliphatic carbocycles. The largest absolute Gasteiger partial charge is 0.330 e. The van der Waals surface area contributed by atoms with Crippen LogP contribution in [0.1, 0.15) is 31.0 Å². The number of hydrogen-bond acceptors (Lipinski definition) is 9. The first-order chi connectivity index (χ1) is 15.8. The summed E-state index contributed by atoms with van der Waals surface area (Å²) in [5.41, 5.74) is 4.83. The number of hydrogen-bond donors (Lipinski definition) is 1. The van der Waals surface area contributed by atoms with E-state index >= 15 is 0 Å². The van der Waals surface area contributed by atoms with E-state index in [0.29, 0.717) is 6.04 Å². The van der Waals surface area contributed by atoms with Crippen LogP contribution in [0.4, 0.5) is 10.8 Å². The van der Waals surface area contributed by atoms with E-state index in [1.54, 1.807) is 47.3 Å². The van der Waals surface area contributed by atoms with Gasteiger partial charge in [0.05, 0.1) is 6.04 Å². The molecule has 3 aromatic heterocycles. The molecule has 1 atom stereocenters. The first-order valence-corrected chi connectivity index (χ1v) is 13.4. The first-order valence-electron chi connectivity index (χ1n) is 10.6. The van der Waals surface area contributed by atoms with Crippen LogP contribution < -0.4 is 5.32 Å². The van der Waals surface area contributed by atoms with Crippen molar-refractivity contribution in [2.75, 3.05) is 16.8 Å². The first kappa shape index (κ1) is 21.4. The van der Waals surface area contributed by atoms with Crippen molar-refractivity contribution < 1.29 is 0 Å². The van der Waals surface area contributed by atoms with Gasteiger partial charge in [-0.3, -0.25) is 9.55 Å². The molecule has 164 valence electrons. The number of rotatable bonds is 8. The van der Waals surface area contributed by atoms with Crippen molar-refractivity contribution in [2.45, 2.75) is 42.2 Å². The summed E-state index contributed by atoms with van der Waals surface area (Å²) in [6.45, 7) is 4.36. The Morgan fingerprint density at radius 3 is 2.56 bits per heavy atom. The molecule has 0 spiro atoms. The van der Waals surface area contributed by atoms with Gasteiger partial charge in [-0.05, 0) is 36.1 Å². The number of nitrogens with one attached hydrogen (secondary N) is 1. The Hall–Kier alpha value is -2.43. The van der Waals surface area contributed by atoms with Crippen molar-refractivity contribution in [3.63, 3.8) is 0 Å². The summed E-state index contributed by atoms with van der Waals surface area (Å²) < 4.78 is 3.22. The van der Waals surface area contributed by atoms with Gasteiger partial charge in [-0.15, -0.1) is 20.4 Å². The van der Waals surface area contributed by atoms with Gasteiger partial charge >= 0.3 is 0 Å². The van der Waals surface area contributed by atoms with Crippen molar-refractivity contribution in [3.05, 3.63) is 53.9 Å². The van der Waals surface area contributed by atoms with Gasteiger partial charge in [0.15, 0.2) is 15.3 Å².